The van der Waals surface area contributed by atoms with Crippen molar-refractivity contribution in [3.63, 3.8) is 0 Å². The second kappa shape index (κ2) is 8.09. The maximum Gasteiger partial charge on any atom is 0.238 e. The molecule has 0 bridgehead atoms. The number of amides is 1. The number of rotatable bonds is 5. The van der Waals surface area contributed by atoms with Crippen molar-refractivity contribution in [3.05, 3.63) is 88.3 Å². The average Bonchev–Trinajstić information content (AvgIpc) is 3.22. The lowest BCUT2D eigenvalue weighted by molar-refractivity contribution is -0.127. The van der Waals surface area contributed by atoms with E-state index in [0.717, 1.165) is 0 Å². The Morgan fingerprint density at radius 1 is 1.18 bits per heavy atom. The molecule has 2 N–H and O–H groups in total. The van der Waals surface area contributed by atoms with E-state index in [9.17, 15) is 9.90 Å². The van der Waals surface area contributed by atoms with Crippen molar-refractivity contribution in [1.29, 1.82) is 0 Å². The lowest BCUT2D eigenvalue weighted by Crippen LogP contribution is -2.49. The van der Waals surface area contributed by atoms with Crippen molar-refractivity contribution in [2.75, 3.05) is 0 Å². The number of halogens is 1. The molecule has 0 aliphatic carbocycles. The zero-order valence-electron chi connectivity index (χ0n) is 15.3. The van der Waals surface area contributed by atoms with Crippen LogP contribution in [0.25, 0.3) is 0 Å². The van der Waals surface area contributed by atoms with Crippen molar-refractivity contribution in [1.82, 2.24) is 10.2 Å². The van der Waals surface area contributed by atoms with E-state index in [1.165, 1.54) is 11.1 Å². The van der Waals surface area contributed by atoms with Gasteiger partial charge in [-0.25, -0.2) is 0 Å². The number of benzene rings is 2. The Morgan fingerprint density at radius 3 is 2.79 bits per heavy atom. The smallest absolute Gasteiger partial charge is 0.238 e. The third kappa shape index (κ3) is 4.06. The number of phenols is 1. The van der Waals surface area contributed by atoms with Crippen molar-refractivity contribution in [2.45, 2.75) is 32.1 Å². The second-order valence-corrected chi connectivity index (χ2v) is 7.40. The predicted octanol–water partition coefficient (Wildman–Crippen LogP) is 3.88. The van der Waals surface area contributed by atoms with E-state index in [1.54, 1.807) is 30.5 Å². The number of carbonyl (C=O) groups excluding carboxylic acids is 1. The van der Waals surface area contributed by atoms with Crippen LogP contribution in [0, 0.1) is 0 Å². The number of fused-ring (bicyclic) bond motifs is 1. The van der Waals surface area contributed by atoms with E-state index >= 15 is 0 Å². The molecule has 6 heteroatoms. The molecule has 2 heterocycles. The summed E-state index contributed by atoms with van der Waals surface area (Å²) in [7, 11) is 0. The summed E-state index contributed by atoms with van der Waals surface area (Å²) in [6, 6.07) is 16.4. The molecular weight excluding hydrogens is 376 g/mol. The number of hydrogen-bond acceptors (Lipinski definition) is 4. The summed E-state index contributed by atoms with van der Waals surface area (Å²) in [6.07, 6.45) is 2.20. The quantitative estimate of drug-likeness (QED) is 0.686. The van der Waals surface area contributed by atoms with Gasteiger partial charge >= 0.3 is 0 Å². The molecule has 4 rings (SSSR count). The molecule has 0 saturated carbocycles. The van der Waals surface area contributed by atoms with Gasteiger partial charge in [0.2, 0.25) is 5.91 Å². The maximum atomic E-state index is 13.0. The number of furan rings is 1. The van der Waals surface area contributed by atoms with Crippen molar-refractivity contribution >= 4 is 17.5 Å². The molecule has 1 aliphatic heterocycles. The number of nitrogens with one attached hydrogen (secondary N) is 1. The Morgan fingerprint density at radius 2 is 2.00 bits per heavy atom. The van der Waals surface area contributed by atoms with Gasteiger partial charge in [-0.3, -0.25) is 9.69 Å². The van der Waals surface area contributed by atoms with Crippen LogP contribution in [0.2, 0.25) is 5.02 Å². The first-order valence-corrected chi connectivity index (χ1v) is 9.56. The Balaban J connectivity index is 1.57. The topological polar surface area (TPSA) is 65.7 Å². The molecule has 1 amide bonds. The molecule has 2 aromatic carbocycles. The molecule has 5 nitrogen and oxygen atoms in total. The first kappa shape index (κ1) is 18.6. The lowest BCUT2D eigenvalue weighted by atomic mass is 9.93. The number of aromatic hydroxyl groups is 1. The highest BCUT2D eigenvalue weighted by atomic mass is 35.5. The van der Waals surface area contributed by atoms with Gasteiger partial charge in [-0.1, -0.05) is 35.9 Å². The molecule has 0 radical (unpaired) electrons. The minimum Gasteiger partial charge on any atom is -0.508 e. The normalized spacial score (nSPS) is 16.5. The highest BCUT2D eigenvalue weighted by Crippen LogP contribution is 2.29. The molecule has 1 aromatic heterocycles. The zero-order chi connectivity index (χ0) is 19.5. The fraction of sp³-hybridized carbons (Fsp3) is 0.227. The summed E-state index contributed by atoms with van der Waals surface area (Å²) in [5.41, 5.74) is 3.07. The van der Waals surface area contributed by atoms with Crippen molar-refractivity contribution < 1.29 is 14.3 Å². The first-order valence-electron chi connectivity index (χ1n) is 9.18. The third-order valence-corrected chi connectivity index (χ3v) is 5.32. The van der Waals surface area contributed by atoms with E-state index in [4.69, 9.17) is 16.0 Å². The van der Waals surface area contributed by atoms with Gasteiger partial charge in [0.05, 0.1) is 18.8 Å². The van der Waals surface area contributed by atoms with Gasteiger partial charge in [-0.2, -0.15) is 0 Å². The SMILES string of the molecule is O=C(NCc1ccco1)C1Cc2ccccc2CN1Cc1cc(Cl)ccc1O. The molecule has 0 spiro atoms. The molecule has 1 unspecified atom stereocenters. The molecule has 0 saturated heterocycles. The summed E-state index contributed by atoms with van der Waals surface area (Å²) >= 11 is 6.10. The van der Waals surface area contributed by atoms with E-state index in [2.05, 4.69) is 22.3 Å². The Bertz CT molecular complexity index is 972. The van der Waals surface area contributed by atoms with Crippen LogP contribution in [0.4, 0.5) is 0 Å². The van der Waals surface area contributed by atoms with Crippen LogP contribution in [-0.4, -0.2) is 22.0 Å². The van der Waals surface area contributed by atoms with Crippen molar-refractivity contribution in [2.24, 2.45) is 0 Å². The summed E-state index contributed by atoms with van der Waals surface area (Å²) < 4.78 is 5.30. The fourth-order valence-electron chi connectivity index (χ4n) is 3.61. The highest BCUT2D eigenvalue weighted by molar-refractivity contribution is 6.30. The van der Waals surface area contributed by atoms with Crippen LogP contribution in [0.5, 0.6) is 5.75 Å². The van der Waals surface area contributed by atoms with E-state index < -0.39 is 0 Å². The van der Waals surface area contributed by atoms with E-state index in [0.29, 0.717) is 42.4 Å². The maximum absolute atomic E-state index is 13.0. The molecule has 1 atom stereocenters. The molecule has 28 heavy (non-hydrogen) atoms. The van der Waals surface area contributed by atoms with Crippen LogP contribution in [0.3, 0.4) is 0 Å². The van der Waals surface area contributed by atoms with Crippen LogP contribution >= 0.6 is 11.6 Å². The number of hydrogen-bond donors (Lipinski definition) is 2. The van der Waals surface area contributed by atoms with Gasteiger partial charge < -0.3 is 14.8 Å². The number of carbonyl (C=O) groups is 1. The number of phenolic OH excluding ortho intramolecular Hbond substituents is 1. The summed E-state index contributed by atoms with van der Waals surface area (Å²) in [5, 5.41) is 13.7. The van der Waals surface area contributed by atoms with Gasteiger partial charge in [-0.05, 0) is 47.9 Å². The molecule has 3 aromatic rings. The summed E-state index contributed by atoms with van der Waals surface area (Å²) in [5.74, 6) is 0.828. The van der Waals surface area contributed by atoms with Crippen LogP contribution in [0.1, 0.15) is 22.5 Å². The van der Waals surface area contributed by atoms with Gasteiger partial charge in [0.25, 0.3) is 0 Å². The van der Waals surface area contributed by atoms with Gasteiger partial charge in [-0.15, -0.1) is 0 Å². The summed E-state index contributed by atoms with van der Waals surface area (Å²) in [6.45, 7) is 1.40. The second-order valence-electron chi connectivity index (χ2n) is 6.96. The molecule has 1 aliphatic rings. The Hall–Kier alpha value is -2.76. The van der Waals surface area contributed by atoms with Crippen LogP contribution < -0.4 is 5.32 Å². The Kier molecular flexibility index (Phi) is 5.37. The highest BCUT2D eigenvalue weighted by Gasteiger charge is 2.31. The van der Waals surface area contributed by atoms with Crippen LogP contribution in [-0.2, 0) is 30.8 Å². The lowest BCUT2D eigenvalue weighted by Gasteiger charge is -2.36. The predicted molar refractivity (Wildman–Crippen MR) is 107 cm³/mol. The van der Waals surface area contributed by atoms with E-state index in [1.807, 2.05) is 18.2 Å². The molecule has 144 valence electrons. The monoisotopic (exact) mass is 396 g/mol. The Labute approximate surface area is 168 Å². The van der Waals surface area contributed by atoms with Gasteiger partial charge in [0.1, 0.15) is 11.5 Å². The van der Waals surface area contributed by atoms with E-state index in [-0.39, 0.29) is 17.7 Å². The third-order valence-electron chi connectivity index (χ3n) is 5.08. The van der Waals surface area contributed by atoms with Gasteiger partial charge in [0.15, 0.2) is 0 Å². The van der Waals surface area contributed by atoms with Crippen molar-refractivity contribution in [3.8, 4) is 5.75 Å². The average molecular weight is 397 g/mol. The largest absolute Gasteiger partial charge is 0.508 e. The molecule has 0 fully saturated rings. The standard InChI is InChI=1S/C22H21ClN2O3/c23-18-7-8-21(26)17(10-18)14-25-13-16-5-2-1-4-15(16)11-20(25)22(27)24-12-19-6-3-9-28-19/h1-10,20,26H,11-14H2,(H,24,27). The zero-order valence-corrected chi connectivity index (χ0v) is 16.0. The minimum absolute atomic E-state index is 0.0626. The molecular formula is C22H21ClN2O3. The summed E-state index contributed by atoms with van der Waals surface area (Å²) in [4.78, 5) is 15.0. The van der Waals surface area contributed by atoms with Crippen LogP contribution in [0.15, 0.2) is 65.3 Å². The number of nitrogens with zero attached hydrogens (tertiary/aromatic N) is 1. The van der Waals surface area contributed by atoms with Gasteiger partial charge in [0, 0.05) is 23.7 Å². The minimum atomic E-state index is -0.344. The first-order chi connectivity index (χ1) is 13.6. The fourth-order valence-corrected chi connectivity index (χ4v) is 3.80.